The molecule has 1 aromatic carbocycles. The van der Waals surface area contributed by atoms with Gasteiger partial charge in [-0.05, 0) is 29.6 Å². The molecule has 6 nitrogen and oxygen atoms in total. The summed E-state index contributed by atoms with van der Waals surface area (Å²) in [6, 6.07) is 17.0. The zero-order valence-electron chi connectivity index (χ0n) is 14.1. The number of aromatic nitrogens is 2. The average molecular weight is 366 g/mol. The Hall–Kier alpha value is -2.93. The molecule has 0 atom stereocenters. The predicted octanol–water partition coefficient (Wildman–Crippen LogP) is 3.29. The van der Waals surface area contributed by atoms with Gasteiger partial charge in [-0.2, -0.15) is 0 Å². The van der Waals surface area contributed by atoms with E-state index in [1.807, 2.05) is 64.9 Å². The molecule has 3 aromatic rings. The van der Waals surface area contributed by atoms with E-state index in [2.05, 4.69) is 15.1 Å². The number of thiophene rings is 1. The second-order valence-corrected chi connectivity index (χ2v) is 6.85. The topological polar surface area (TPSA) is 58.6 Å². The average Bonchev–Trinajstić information content (AvgIpc) is 3.24. The van der Waals surface area contributed by atoms with Crippen molar-refractivity contribution in [3.63, 3.8) is 0 Å². The Morgan fingerprint density at radius 2 is 1.73 bits per heavy atom. The molecule has 0 saturated carbocycles. The van der Waals surface area contributed by atoms with Crippen LogP contribution in [-0.2, 0) is 0 Å². The van der Waals surface area contributed by atoms with Gasteiger partial charge in [0.1, 0.15) is 5.75 Å². The standard InChI is InChI=1S/C19H18N4O2S/c24-19(16-7-4-14-26-16)23-12-10-22(11-13-23)17-8-9-18(21-20-17)25-15-5-2-1-3-6-15/h1-9,14H,10-13H2. The highest BCUT2D eigenvalue weighted by Gasteiger charge is 2.23. The number of para-hydroxylation sites is 1. The van der Waals surface area contributed by atoms with Crippen molar-refractivity contribution in [2.75, 3.05) is 31.1 Å². The maximum Gasteiger partial charge on any atom is 0.264 e. The number of hydrogen-bond acceptors (Lipinski definition) is 6. The normalized spacial score (nSPS) is 14.3. The molecular formula is C19H18N4O2S. The molecule has 3 heterocycles. The molecule has 132 valence electrons. The fourth-order valence-corrected chi connectivity index (χ4v) is 3.53. The molecule has 0 bridgehead atoms. The van der Waals surface area contributed by atoms with Gasteiger partial charge in [0, 0.05) is 32.2 Å². The lowest BCUT2D eigenvalue weighted by Gasteiger charge is -2.34. The first kappa shape index (κ1) is 16.5. The van der Waals surface area contributed by atoms with Crippen LogP contribution in [0.25, 0.3) is 0 Å². The number of carbonyl (C=O) groups excluding carboxylic acids is 1. The number of hydrogen-bond donors (Lipinski definition) is 0. The van der Waals surface area contributed by atoms with Crippen LogP contribution >= 0.6 is 11.3 Å². The highest BCUT2D eigenvalue weighted by molar-refractivity contribution is 7.12. The number of amides is 1. The molecule has 1 amide bonds. The molecule has 4 rings (SSSR count). The third kappa shape index (κ3) is 3.67. The number of nitrogens with zero attached hydrogens (tertiary/aromatic N) is 4. The third-order valence-electron chi connectivity index (χ3n) is 4.21. The van der Waals surface area contributed by atoms with Crippen molar-refractivity contribution in [2.24, 2.45) is 0 Å². The summed E-state index contributed by atoms with van der Waals surface area (Å²) in [5.74, 6) is 2.10. The zero-order valence-corrected chi connectivity index (χ0v) is 14.9. The summed E-state index contributed by atoms with van der Waals surface area (Å²) in [4.78, 5) is 17.2. The molecular weight excluding hydrogens is 348 g/mol. The molecule has 1 aliphatic heterocycles. The quantitative estimate of drug-likeness (QED) is 0.709. The molecule has 0 radical (unpaired) electrons. The van der Waals surface area contributed by atoms with Crippen molar-refractivity contribution in [3.8, 4) is 11.6 Å². The Labute approximate surface area is 155 Å². The monoisotopic (exact) mass is 366 g/mol. The molecule has 0 unspecified atom stereocenters. The smallest absolute Gasteiger partial charge is 0.264 e. The molecule has 2 aromatic heterocycles. The van der Waals surface area contributed by atoms with E-state index in [9.17, 15) is 4.79 Å². The number of benzene rings is 1. The van der Waals surface area contributed by atoms with Crippen LogP contribution in [0.2, 0.25) is 0 Å². The van der Waals surface area contributed by atoms with E-state index in [4.69, 9.17) is 4.74 Å². The van der Waals surface area contributed by atoms with Gasteiger partial charge >= 0.3 is 0 Å². The van der Waals surface area contributed by atoms with Crippen LogP contribution in [0.5, 0.6) is 11.6 Å². The lowest BCUT2D eigenvalue weighted by molar-refractivity contribution is 0.0751. The summed E-state index contributed by atoms with van der Waals surface area (Å²) >= 11 is 1.48. The minimum absolute atomic E-state index is 0.109. The summed E-state index contributed by atoms with van der Waals surface area (Å²) in [6.45, 7) is 2.84. The van der Waals surface area contributed by atoms with E-state index >= 15 is 0 Å². The van der Waals surface area contributed by atoms with Gasteiger partial charge in [0.15, 0.2) is 5.82 Å². The number of piperazine rings is 1. The largest absolute Gasteiger partial charge is 0.438 e. The Morgan fingerprint density at radius 3 is 2.38 bits per heavy atom. The summed E-state index contributed by atoms with van der Waals surface area (Å²) < 4.78 is 5.67. The molecule has 1 saturated heterocycles. The van der Waals surface area contributed by atoms with Crippen molar-refractivity contribution >= 4 is 23.1 Å². The summed E-state index contributed by atoms with van der Waals surface area (Å²) in [5, 5.41) is 10.3. The van der Waals surface area contributed by atoms with E-state index < -0.39 is 0 Å². The Morgan fingerprint density at radius 1 is 0.923 bits per heavy atom. The maximum absolute atomic E-state index is 12.4. The van der Waals surface area contributed by atoms with Crippen LogP contribution in [0, 0.1) is 0 Å². The van der Waals surface area contributed by atoms with Crippen molar-refractivity contribution in [3.05, 3.63) is 64.9 Å². The van der Waals surface area contributed by atoms with E-state index in [0.29, 0.717) is 19.0 Å². The summed E-state index contributed by atoms with van der Waals surface area (Å²) in [7, 11) is 0. The minimum Gasteiger partial charge on any atom is -0.438 e. The Kier molecular flexibility index (Phi) is 4.79. The van der Waals surface area contributed by atoms with Crippen LogP contribution in [0.3, 0.4) is 0 Å². The lowest BCUT2D eigenvalue weighted by atomic mass is 10.3. The minimum atomic E-state index is 0.109. The van der Waals surface area contributed by atoms with Gasteiger partial charge in [-0.3, -0.25) is 4.79 Å². The predicted molar refractivity (Wildman–Crippen MR) is 101 cm³/mol. The fourth-order valence-electron chi connectivity index (χ4n) is 2.84. The first-order chi connectivity index (χ1) is 12.8. The van der Waals surface area contributed by atoms with Crippen LogP contribution in [0.4, 0.5) is 5.82 Å². The third-order valence-corrected chi connectivity index (χ3v) is 5.07. The second kappa shape index (κ2) is 7.53. The van der Waals surface area contributed by atoms with Gasteiger partial charge in [0.05, 0.1) is 4.88 Å². The van der Waals surface area contributed by atoms with E-state index in [0.717, 1.165) is 29.5 Å². The number of carbonyl (C=O) groups is 1. The summed E-state index contributed by atoms with van der Waals surface area (Å²) in [6.07, 6.45) is 0. The molecule has 0 spiro atoms. The van der Waals surface area contributed by atoms with E-state index in [-0.39, 0.29) is 5.91 Å². The zero-order chi connectivity index (χ0) is 17.8. The fraction of sp³-hybridized carbons (Fsp3) is 0.211. The van der Waals surface area contributed by atoms with Crippen LogP contribution < -0.4 is 9.64 Å². The van der Waals surface area contributed by atoms with Crippen LogP contribution in [0.15, 0.2) is 60.0 Å². The maximum atomic E-state index is 12.4. The van der Waals surface area contributed by atoms with E-state index in [1.165, 1.54) is 11.3 Å². The lowest BCUT2D eigenvalue weighted by Crippen LogP contribution is -2.48. The first-order valence-electron chi connectivity index (χ1n) is 8.44. The molecule has 0 N–H and O–H groups in total. The van der Waals surface area contributed by atoms with Gasteiger partial charge in [0.25, 0.3) is 5.91 Å². The molecule has 0 aliphatic carbocycles. The van der Waals surface area contributed by atoms with Gasteiger partial charge in [-0.1, -0.05) is 24.3 Å². The first-order valence-corrected chi connectivity index (χ1v) is 9.32. The Bertz CT molecular complexity index is 845. The van der Waals surface area contributed by atoms with Gasteiger partial charge in [-0.25, -0.2) is 0 Å². The highest BCUT2D eigenvalue weighted by atomic mass is 32.1. The number of anilines is 1. The van der Waals surface area contributed by atoms with Gasteiger partial charge < -0.3 is 14.5 Å². The van der Waals surface area contributed by atoms with Crippen molar-refractivity contribution in [1.82, 2.24) is 15.1 Å². The van der Waals surface area contributed by atoms with E-state index in [1.54, 1.807) is 0 Å². The SMILES string of the molecule is O=C(c1cccs1)N1CCN(c2ccc(Oc3ccccc3)nn2)CC1. The van der Waals surface area contributed by atoms with Crippen molar-refractivity contribution in [1.29, 1.82) is 0 Å². The van der Waals surface area contributed by atoms with Crippen molar-refractivity contribution < 1.29 is 9.53 Å². The molecule has 1 fully saturated rings. The van der Waals surface area contributed by atoms with Gasteiger partial charge in [0.2, 0.25) is 5.88 Å². The van der Waals surface area contributed by atoms with Gasteiger partial charge in [-0.15, -0.1) is 21.5 Å². The summed E-state index contributed by atoms with van der Waals surface area (Å²) in [5.41, 5.74) is 0. The second-order valence-electron chi connectivity index (χ2n) is 5.90. The number of rotatable bonds is 4. The van der Waals surface area contributed by atoms with Crippen LogP contribution in [-0.4, -0.2) is 47.2 Å². The molecule has 1 aliphatic rings. The Balaban J connectivity index is 1.35. The highest BCUT2D eigenvalue weighted by Crippen LogP contribution is 2.21. The molecule has 26 heavy (non-hydrogen) atoms. The number of ether oxygens (including phenoxy) is 1. The van der Waals surface area contributed by atoms with Crippen molar-refractivity contribution in [2.45, 2.75) is 0 Å². The molecule has 7 heteroatoms. The van der Waals surface area contributed by atoms with Crippen LogP contribution in [0.1, 0.15) is 9.67 Å².